The molecule has 0 aromatic heterocycles. The molecular weight excluding hydrogens is 302 g/mol. The van der Waals surface area contributed by atoms with Crippen LogP contribution in [0.5, 0.6) is 0 Å². The van der Waals surface area contributed by atoms with E-state index in [4.69, 9.17) is 0 Å². The quantitative estimate of drug-likeness (QED) is 0.543. The largest absolute Gasteiger partial charge is 0.198 e. The van der Waals surface area contributed by atoms with Gasteiger partial charge in [0.15, 0.2) is 0 Å². The molecule has 0 bridgehead atoms. The summed E-state index contributed by atoms with van der Waals surface area (Å²) < 4.78 is 0. The molecule has 0 heterocycles. The number of nitrogens with zero attached hydrogens (tertiary/aromatic N) is 1. The summed E-state index contributed by atoms with van der Waals surface area (Å²) in [6.45, 7) is 4.70. The predicted molar refractivity (Wildman–Crippen MR) is 104 cm³/mol. The first-order valence-corrected chi connectivity index (χ1v) is 11.6. The molecule has 4 saturated carbocycles. The number of nitriles is 1. The molecule has 0 amide bonds. The van der Waals surface area contributed by atoms with Gasteiger partial charge in [0.05, 0.1) is 11.5 Å². The van der Waals surface area contributed by atoms with E-state index in [2.05, 4.69) is 19.9 Å². The van der Waals surface area contributed by atoms with Gasteiger partial charge in [-0.05, 0) is 99.2 Å². The van der Waals surface area contributed by atoms with Crippen molar-refractivity contribution in [2.45, 2.75) is 97.3 Å². The van der Waals surface area contributed by atoms with Crippen LogP contribution in [0.3, 0.4) is 0 Å². The zero-order chi connectivity index (χ0) is 17.4. The Morgan fingerprint density at radius 1 is 0.840 bits per heavy atom. The van der Waals surface area contributed by atoms with Gasteiger partial charge in [-0.3, -0.25) is 0 Å². The van der Waals surface area contributed by atoms with Crippen molar-refractivity contribution in [1.29, 1.82) is 5.26 Å². The van der Waals surface area contributed by atoms with E-state index in [-0.39, 0.29) is 5.41 Å². The number of hydrogen-bond acceptors (Lipinski definition) is 1. The minimum atomic E-state index is 0.0398. The maximum atomic E-state index is 9.86. The highest BCUT2D eigenvalue weighted by atomic mass is 14.6. The van der Waals surface area contributed by atoms with Crippen molar-refractivity contribution in [2.75, 3.05) is 0 Å². The Kier molecular flexibility index (Phi) is 5.18. The summed E-state index contributed by atoms with van der Waals surface area (Å²) >= 11 is 0. The van der Waals surface area contributed by atoms with Gasteiger partial charge in [0, 0.05) is 0 Å². The lowest BCUT2D eigenvalue weighted by Gasteiger charge is -2.57. The molecule has 6 unspecified atom stereocenters. The fourth-order valence-electron chi connectivity index (χ4n) is 8.34. The number of rotatable bonds is 3. The van der Waals surface area contributed by atoms with Crippen molar-refractivity contribution in [3.63, 3.8) is 0 Å². The lowest BCUT2D eigenvalue weighted by atomic mass is 9.48. The summed E-state index contributed by atoms with van der Waals surface area (Å²) in [6, 6.07) is 2.78. The third kappa shape index (κ3) is 3.07. The van der Waals surface area contributed by atoms with Crippen molar-refractivity contribution in [3.05, 3.63) is 0 Å². The average Bonchev–Trinajstić information content (AvgIpc) is 2.66. The number of hydrogen-bond donors (Lipinski definition) is 0. The zero-order valence-corrected chi connectivity index (χ0v) is 16.7. The maximum absolute atomic E-state index is 9.86. The Bertz CT molecular complexity index is 505. The lowest BCUT2D eigenvalue weighted by molar-refractivity contribution is -0.0709. The highest BCUT2D eigenvalue weighted by Crippen LogP contribution is 2.60. The Hall–Kier alpha value is -0.510. The first-order chi connectivity index (χ1) is 12.2. The second-order valence-electron chi connectivity index (χ2n) is 10.2. The zero-order valence-electron chi connectivity index (χ0n) is 16.7. The van der Waals surface area contributed by atoms with E-state index in [1.165, 1.54) is 77.0 Å². The van der Waals surface area contributed by atoms with E-state index in [0.29, 0.717) is 0 Å². The van der Waals surface area contributed by atoms with E-state index < -0.39 is 0 Å². The van der Waals surface area contributed by atoms with Gasteiger partial charge in [0.1, 0.15) is 0 Å². The van der Waals surface area contributed by atoms with Gasteiger partial charge in [0.25, 0.3) is 0 Å². The monoisotopic (exact) mass is 341 g/mol. The molecule has 1 heteroatoms. The van der Waals surface area contributed by atoms with E-state index in [1.807, 2.05) is 0 Å². The Morgan fingerprint density at radius 2 is 1.56 bits per heavy atom. The molecular formula is C24H39N. The molecule has 25 heavy (non-hydrogen) atoms. The van der Waals surface area contributed by atoms with Crippen LogP contribution >= 0.6 is 0 Å². The lowest BCUT2D eigenvalue weighted by Crippen LogP contribution is -2.49. The summed E-state index contributed by atoms with van der Waals surface area (Å²) in [4.78, 5) is 0. The molecule has 4 fully saturated rings. The molecule has 0 spiro atoms. The fourth-order valence-corrected chi connectivity index (χ4v) is 8.34. The molecule has 1 nitrogen and oxygen atoms in total. The van der Waals surface area contributed by atoms with Crippen LogP contribution in [0.2, 0.25) is 0 Å². The van der Waals surface area contributed by atoms with Gasteiger partial charge in [-0.25, -0.2) is 0 Å². The van der Waals surface area contributed by atoms with Crippen LogP contribution in [-0.2, 0) is 0 Å². The summed E-state index contributed by atoms with van der Waals surface area (Å²) in [5.74, 6) is 7.10. The van der Waals surface area contributed by atoms with Crippen molar-refractivity contribution >= 4 is 0 Å². The first kappa shape index (κ1) is 17.9. The molecule has 0 radical (unpaired) electrons. The highest BCUT2D eigenvalue weighted by Gasteiger charge is 2.52. The van der Waals surface area contributed by atoms with Crippen molar-refractivity contribution in [1.82, 2.24) is 0 Å². The second-order valence-corrected chi connectivity index (χ2v) is 10.2. The van der Waals surface area contributed by atoms with Crippen LogP contribution in [-0.4, -0.2) is 0 Å². The molecule has 4 rings (SSSR count). The molecule has 140 valence electrons. The van der Waals surface area contributed by atoms with Gasteiger partial charge in [-0.15, -0.1) is 0 Å². The van der Waals surface area contributed by atoms with Crippen LogP contribution in [0.1, 0.15) is 97.3 Å². The van der Waals surface area contributed by atoms with E-state index >= 15 is 0 Å². The van der Waals surface area contributed by atoms with E-state index in [0.717, 1.165) is 47.8 Å². The van der Waals surface area contributed by atoms with Crippen molar-refractivity contribution < 1.29 is 0 Å². The van der Waals surface area contributed by atoms with Crippen LogP contribution in [0.25, 0.3) is 0 Å². The second kappa shape index (κ2) is 7.25. The first-order valence-electron chi connectivity index (χ1n) is 11.6. The van der Waals surface area contributed by atoms with Crippen molar-refractivity contribution in [3.8, 4) is 6.07 Å². The van der Waals surface area contributed by atoms with Gasteiger partial charge in [-0.1, -0.05) is 39.5 Å². The Balaban J connectivity index is 1.48. The average molecular weight is 342 g/mol. The van der Waals surface area contributed by atoms with Crippen molar-refractivity contribution in [2.24, 2.45) is 46.8 Å². The normalized spacial score (nSPS) is 49.4. The minimum Gasteiger partial charge on any atom is -0.198 e. The van der Waals surface area contributed by atoms with Crippen LogP contribution < -0.4 is 0 Å². The standard InChI is InChI=1S/C24H39N/c1-3-13-24(16-25)14-12-20-18(15-24)8-9-23-21-7-5-6-17(4-2)19(21)10-11-22(20)23/h17-23H,3-15H2,1-2H3/t17-,18?,19?,20?,21?,22?,23?,24-/m0/s1. The Morgan fingerprint density at radius 3 is 2.32 bits per heavy atom. The predicted octanol–water partition coefficient (Wildman–Crippen LogP) is 6.98. The third-order valence-electron chi connectivity index (χ3n) is 9.33. The van der Waals surface area contributed by atoms with Gasteiger partial charge < -0.3 is 0 Å². The maximum Gasteiger partial charge on any atom is 0.0689 e. The van der Waals surface area contributed by atoms with E-state index in [1.54, 1.807) is 0 Å². The molecule has 0 aromatic carbocycles. The molecule has 0 N–H and O–H groups in total. The summed E-state index contributed by atoms with van der Waals surface area (Å²) in [5, 5.41) is 9.86. The molecule has 0 aliphatic heterocycles. The smallest absolute Gasteiger partial charge is 0.0689 e. The number of fused-ring (bicyclic) bond motifs is 5. The van der Waals surface area contributed by atoms with Crippen LogP contribution in [0, 0.1) is 58.2 Å². The molecule has 4 aliphatic rings. The van der Waals surface area contributed by atoms with Gasteiger partial charge in [-0.2, -0.15) is 5.26 Å². The Labute approximate surface area is 156 Å². The minimum absolute atomic E-state index is 0.0398. The third-order valence-corrected chi connectivity index (χ3v) is 9.33. The van der Waals surface area contributed by atoms with Crippen LogP contribution in [0.15, 0.2) is 0 Å². The fraction of sp³-hybridized carbons (Fsp3) is 0.958. The summed E-state index contributed by atoms with van der Waals surface area (Å²) in [6.07, 6.45) is 18.1. The SMILES string of the molecule is CCC[C@]1(C#N)CCC2C(CCC3C2CCC2C3CCC[C@@H]2CC)C1. The molecule has 0 aromatic rings. The van der Waals surface area contributed by atoms with Crippen LogP contribution in [0.4, 0.5) is 0 Å². The highest BCUT2D eigenvalue weighted by molar-refractivity contribution is 5.07. The van der Waals surface area contributed by atoms with Gasteiger partial charge >= 0.3 is 0 Å². The molecule has 0 saturated heterocycles. The summed E-state index contributed by atoms with van der Waals surface area (Å²) in [7, 11) is 0. The molecule has 8 atom stereocenters. The topological polar surface area (TPSA) is 23.8 Å². The van der Waals surface area contributed by atoms with E-state index in [9.17, 15) is 5.26 Å². The summed E-state index contributed by atoms with van der Waals surface area (Å²) in [5.41, 5.74) is 0.0398. The van der Waals surface area contributed by atoms with Gasteiger partial charge in [0.2, 0.25) is 0 Å². The molecule has 4 aliphatic carbocycles.